The van der Waals surface area contributed by atoms with E-state index in [1.807, 2.05) is 0 Å². The van der Waals surface area contributed by atoms with E-state index in [1.165, 1.54) is 22.4 Å². The molecule has 1 heterocycles. The second-order valence-electron chi connectivity index (χ2n) is 4.88. The van der Waals surface area contributed by atoms with Crippen LogP contribution in [0.4, 0.5) is 0 Å². The molecule has 0 radical (unpaired) electrons. The number of nitrogens with one attached hydrogen (secondary N) is 1. The zero-order chi connectivity index (χ0) is 14.0. The van der Waals surface area contributed by atoms with E-state index in [2.05, 4.69) is 54.0 Å². The molecule has 0 bridgehead atoms. The molecule has 0 aliphatic rings. The Balaban J connectivity index is 1.70. The van der Waals surface area contributed by atoms with Crippen LogP contribution in [0.3, 0.4) is 0 Å². The predicted molar refractivity (Wildman–Crippen MR) is 86.1 cm³/mol. The lowest BCUT2D eigenvalue weighted by atomic mass is 10.1. The summed E-state index contributed by atoms with van der Waals surface area (Å²) in [6, 6.07) is 12.9. The van der Waals surface area contributed by atoms with Gasteiger partial charge in [0.2, 0.25) is 0 Å². The van der Waals surface area contributed by atoms with E-state index in [4.69, 9.17) is 4.74 Å². The van der Waals surface area contributed by atoms with Gasteiger partial charge in [-0.25, -0.2) is 0 Å². The summed E-state index contributed by atoms with van der Waals surface area (Å²) in [5.74, 6) is 0. The molecule has 1 aromatic heterocycles. The van der Waals surface area contributed by atoms with E-state index >= 15 is 0 Å². The normalized spacial score (nSPS) is 10.8. The third-order valence-electron chi connectivity index (χ3n) is 3.09. The minimum absolute atomic E-state index is 0.701. The maximum atomic E-state index is 5.76. The molecule has 2 aromatic rings. The van der Waals surface area contributed by atoms with Crippen LogP contribution < -0.4 is 5.32 Å². The third kappa shape index (κ3) is 5.45. The maximum Gasteiger partial charge on any atom is 0.0717 e. The van der Waals surface area contributed by atoms with Gasteiger partial charge in [0.25, 0.3) is 0 Å². The second kappa shape index (κ2) is 8.90. The quantitative estimate of drug-likeness (QED) is 0.704. The SMILES string of the molecule is CCCNCc1cccc(COCCc2cccs2)c1. The van der Waals surface area contributed by atoms with Crippen LogP contribution in [-0.2, 0) is 24.3 Å². The van der Waals surface area contributed by atoms with Crippen molar-refractivity contribution in [2.45, 2.75) is 32.9 Å². The Morgan fingerprint density at radius 1 is 1.15 bits per heavy atom. The summed E-state index contributed by atoms with van der Waals surface area (Å²) in [5.41, 5.74) is 2.59. The Kier molecular flexibility index (Phi) is 6.78. The van der Waals surface area contributed by atoms with Crippen molar-refractivity contribution >= 4 is 11.3 Å². The van der Waals surface area contributed by atoms with Crippen LogP contribution in [0.1, 0.15) is 29.3 Å². The van der Waals surface area contributed by atoms with Crippen molar-refractivity contribution in [3.8, 4) is 0 Å². The minimum Gasteiger partial charge on any atom is -0.376 e. The fraction of sp³-hybridized carbons (Fsp3) is 0.412. The van der Waals surface area contributed by atoms with E-state index in [1.54, 1.807) is 11.3 Å². The van der Waals surface area contributed by atoms with Crippen LogP contribution in [0.2, 0.25) is 0 Å². The number of ether oxygens (including phenoxy) is 1. The molecule has 0 fully saturated rings. The van der Waals surface area contributed by atoms with Crippen molar-refractivity contribution in [2.24, 2.45) is 0 Å². The average molecular weight is 289 g/mol. The Labute approximate surface area is 125 Å². The highest BCUT2D eigenvalue weighted by Crippen LogP contribution is 2.10. The molecule has 0 unspecified atom stereocenters. The summed E-state index contributed by atoms with van der Waals surface area (Å²) >= 11 is 1.79. The van der Waals surface area contributed by atoms with Crippen LogP contribution in [0.5, 0.6) is 0 Å². The van der Waals surface area contributed by atoms with Crippen LogP contribution >= 0.6 is 11.3 Å². The van der Waals surface area contributed by atoms with E-state index < -0.39 is 0 Å². The van der Waals surface area contributed by atoms with Gasteiger partial charge in [-0.05, 0) is 35.5 Å². The van der Waals surface area contributed by atoms with E-state index in [-0.39, 0.29) is 0 Å². The standard InChI is InChI=1S/C17H23NOS/c1-2-9-18-13-15-5-3-6-16(12-15)14-19-10-8-17-7-4-11-20-17/h3-7,11-12,18H,2,8-10,13-14H2,1H3. The lowest BCUT2D eigenvalue weighted by Gasteiger charge is -2.07. The summed E-state index contributed by atoms with van der Waals surface area (Å²) in [5, 5.41) is 5.54. The molecular formula is C17H23NOS. The van der Waals surface area contributed by atoms with Crippen molar-refractivity contribution in [3.05, 3.63) is 57.8 Å². The smallest absolute Gasteiger partial charge is 0.0717 e. The number of benzene rings is 1. The number of hydrogen-bond acceptors (Lipinski definition) is 3. The lowest BCUT2D eigenvalue weighted by Crippen LogP contribution is -2.13. The highest BCUT2D eigenvalue weighted by Gasteiger charge is 1.98. The molecule has 108 valence electrons. The van der Waals surface area contributed by atoms with Gasteiger partial charge in [0.15, 0.2) is 0 Å². The van der Waals surface area contributed by atoms with Gasteiger partial charge < -0.3 is 10.1 Å². The highest BCUT2D eigenvalue weighted by atomic mass is 32.1. The van der Waals surface area contributed by atoms with Gasteiger partial charge in [-0.1, -0.05) is 37.3 Å². The molecule has 0 spiro atoms. The fourth-order valence-electron chi connectivity index (χ4n) is 2.06. The molecule has 0 atom stereocenters. The Morgan fingerprint density at radius 3 is 2.85 bits per heavy atom. The molecule has 3 heteroatoms. The van der Waals surface area contributed by atoms with Crippen molar-refractivity contribution in [1.29, 1.82) is 0 Å². The van der Waals surface area contributed by atoms with Crippen LogP contribution in [0, 0.1) is 0 Å². The summed E-state index contributed by atoms with van der Waals surface area (Å²) in [6.07, 6.45) is 2.18. The summed E-state index contributed by atoms with van der Waals surface area (Å²) < 4.78 is 5.76. The third-order valence-corrected chi connectivity index (χ3v) is 4.03. The van der Waals surface area contributed by atoms with E-state index in [0.717, 1.165) is 26.1 Å². The summed E-state index contributed by atoms with van der Waals surface area (Å²) in [7, 11) is 0. The molecule has 0 saturated heterocycles. The molecule has 0 aliphatic heterocycles. The van der Waals surface area contributed by atoms with Gasteiger partial charge in [-0.2, -0.15) is 0 Å². The summed E-state index contributed by atoms with van der Waals surface area (Å²) in [6.45, 7) is 5.69. The molecule has 0 aliphatic carbocycles. The molecular weight excluding hydrogens is 266 g/mol. The average Bonchev–Trinajstić information content (AvgIpc) is 2.98. The first kappa shape index (κ1) is 15.2. The lowest BCUT2D eigenvalue weighted by molar-refractivity contribution is 0.124. The zero-order valence-electron chi connectivity index (χ0n) is 12.1. The Hall–Kier alpha value is -1.16. The highest BCUT2D eigenvalue weighted by molar-refractivity contribution is 7.09. The molecule has 20 heavy (non-hydrogen) atoms. The van der Waals surface area contributed by atoms with Crippen LogP contribution in [0.25, 0.3) is 0 Å². The van der Waals surface area contributed by atoms with Crippen LogP contribution in [0.15, 0.2) is 41.8 Å². The minimum atomic E-state index is 0.701. The van der Waals surface area contributed by atoms with E-state index in [0.29, 0.717) is 6.61 Å². The van der Waals surface area contributed by atoms with Crippen molar-refractivity contribution in [1.82, 2.24) is 5.32 Å². The van der Waals surface area contributed by atoms with Crippen LogP contribution in [-0.4, -0.2) is 13.2 Å². The van der Waals surface area contributed by atoms with Gasteiger partial charge in [0, 0.05) is 17.8 Å². The molecule has 0 saturated carbocycles. The zero-order valence-corrected chi connectivity index (χ0v) is 12.9. The molecule has 2 rings (SSSR count). The topological polar surface area (TPSA) is 21.3 Å². The van der Waals surface area contributed by atoms with Gasteiger partial charge in [-0.3, -0.25) is 0 Å². The van der Waals surface area contributed by atoms with Gasteiger partial charge in [0.05, 0.1) is 13.2 Å². The molecule has 0 amide bonds. The first-order chi connectivity index (χ1) is 9.88. The fourth-order valence-corrected chi connectivity index (χ4v) is 2.75. The van der Waals surface area contributed by atoms with Crippen molar-refractivity contribution < 1.29 is 4.74 Å². The molecule has 1 aromatic carbocycles. The Bertz CT molecular complexity index is 481. The van der Waals surface area contributed by atoms with E-state index in [9.17, 15) is 0 Å². The molecule has 1 N–H and O–H groups in total. The Morgan fingerprint density at radius 2 is 2.05 bits per heavy atom. The number of hydrogen-bond donors (Lipinski definition) is 1. The van der Waals surface area contributed by atoms with Crippen molar-refractivity contribution in [2.75, 3.05) is 13.2 Å². The first-order valence-electron chi connectivity index (χ1n) is 7.27. The van der Waals surface area contributed by atoms with Gasteiger partial charge in [0.1, 0.15) is 0 Å². The van der Waals surface area contributed by atoms with Gasteiger partial charge in [-0.15, -0.1) is 11.3 Å². The monoisotopic (exact) mass is 289 g/mol. The predicted octanol–water partition coefficient (Wildman–Crippen LogP) is 4.01. The first-order valence-corrected chi connectivity index (χ1v) is 8.15. The second-order valence-corrected chi connectivity index (χ2v) is 5.91. The number of rotatable bonds is 9. The number of thiophene rings is 1. The molecule has 2 nitrogen and oxygen atoms in total. The van der Waals surface area contributed by atoms with Gasteiger partial charge >= 0.3 is 0 Å². The van der Waals surface area contributed by atoms with Crippen molar-refractivity contribution in [3.63, 3.8) is 0 Å². The maximum absolute atomic E-state index is 5.76. The largest absolute Gasteiger partial charge is 0.376 e. The summed E-state index contributed by atoms with van der Waals surface area (Å²) in [4.78, 5) is 1.39.